The number of aryl methyl sites for hydroxylation is 2. The van der Waals surface area contributed by atoms with Gasteiger partial charge in [-0.15, -0.1) is 0 Å². The van der Waals surface area contributed by atoms with Crippen LogP contribution >= 0.6 is 0 Å². The summed E-state index contributed by atoms with van der Waals surface area (Å²) in [7, 11) is 0. The summed E-state index contributed by atoms with van der Waals surface area (Å²) in [4.78, 5) is 4.51. The molecule has 0 saturated heterocycles. The second kappa shape index (κ2) is 6.01. The number of nitrogens with zero attached hydrogens (tertiary/aromatic N) is 2. The highest BCUT2D eigenvalue weighted by atomic mass is 15.1. The van der Waals surface area contributed by atoms with Crippen molar-refractivity contribution in [3.8, 4) is 5.69 Å². The third kappa shape index (κ3) is 2.68. The quantitative estimate of drug-likeness (QED) is 0.790. The Morgan fingerprint density at radius 2 is 1.87 bits per heavy atom. The van der Waals surface area contributed by atoms with Gasteiger partial charge in [0, 0.05) is 18.3 Å². The summed E-state index contributed by atoms with van der Waals surface area (Å²) in [6, 6.07) is 19.7. The van der Waals surface area contributed by atoms with Crippen LogP contribution in [0.15, 0.2) is 60.8 Å². The van der Waals surface area contributed by atoms with Gasteiger partial charge < -0.3 is 5.32 Å². The van der Waals surface area contributed by atoms with Gasteiger partial charge in [0.2, 0.25) is 0 Å². The maximum Gasteiger partial charge on any atom is 0.110 e. The molecule has 23 heavy (non-hydrogen) atoms. The van der Waals surface area contributed by atoms with Gasteiger partial charge in [-0.1, -0.05) is 42.5 Å². The van der Waals surface area contributed by atoms with E-state index in [0.717, 1.165) is 12.4 Å². The number of imidazole rings is 1. The number of rotatable bonds is 4. The van der Waals surface area contributed by atoms with Crippen LogP contribution in [-0.4, -0.2) is 9.55 Å². The molecule has 3 aromatic rings. The molecule has 0 aliphatic heterocycles. The van der Waals surface area contributed by atoms with Crippen molar-refractivity contribution in [3.05, 3.63) is 83.4 Å². The van der Waals surface area contributed by atoms with Crippen LogP contribution in [-0.2, 0) is 13.0 Å². The molecular weight excluding hydrogens is 282 g/mol. The first kappa shape index (κ1) is 14.2. The molecule has 0 radical (unpaired) electrons. The van der Waals surface area contributed by atoms with E-state index in [1.165, 1.54) is 35.3 Å². The Morgan fingerprint density at radius 1 is 1.09 bits per heavy atom. The number of hydrogen-bond donors (Lipinski definition) is 1. The molecule has 1 unspecified atom stereocenters. The molecule has 0 spiro atoms. The predicted octanol–water partition coefficient (Wildman–Crippen LogP) is 3.96. The largest absolute Gasteiger partial charge is 0.304 e. The molecule has 4 rings (SSSR count). The molecule has 0 saturated carbocycles. The highest BCUT2D eigenvalue weighted by Crippen LogP contribution is 2.31. The first-order valence-corrected chi connectivity index (χ1v) is 8.23. The number of fused-ring (bicyclic) bond motifs is 1. The molecule has 3 heteroatoms. The summed E-state index contributed by atoms with van der Waals surface area (Å²) >= 11 is 0. The monoisotopic (exact) mass is 303 g/mol. The fourth-order valence-electron chi connectivity index (χ4n) is 3.54. The van der Waals surface area contributed by atoms with Gasteiger partial charge in [-0.25, -0.2) is 4.98 Å². The zero-order valence-corrected chi connectivity index (χ0v) is 13.4. The average Bonchev–Trinajstić information content (AvgIpc) is 3.17. The topological polar surface area (TPSA) is 29.9 Å². The molecule has 2 aromatic carbocycles. The molecule has 1 N–H and O–H groups in total. The molecule has 1 heterocycles. The highest BCUT2D eigenvalue weighted by molar-refractivity contribution is 5.36. The van der Waals surface area contributed by atoms with E-state index in [0.29, 0.717) is 6.04 Å². The van der Waals surface area contributed by atoms with Gasteiger partial charge in [0.25, 0.3) is 0 Å². The van der Waals surface area contributed by atoms with E-state index in [1.54, 1.807) is 0 Å². The lowest BCUT2D eigenvalue weighted by molar-refractivity contribution is 0.521. The van der Waals surface area contributed by atoms with Crippen LogP contribution < -0.4 is 5.32 Å². The fourth-order valence-corrected chi connectivity index (χ4v) is 3.54. The first-order chi connectivity index (χ1) is 11.3. The summed E-state index contributed by atoms with van der Waals surface area (Å²) < 4.78 is 2.23. The van der Waals surface area contributed by atoms with E-state index in [-0.39, 0.29) is 0 Å². The highest BCUT2D eigenvalue weighted by Gasteiger charge is 2.21. The standard InChI is InChI=1S/C20H21N3/c1-15-21-13-18(23(15)17-8-3-2-4-9-17)14-22-20-12-11-16-7-5-6-10-19(16)20/h2-10,13,20,22H,11-12,14H2,1H3. The lowest BCUT2D eigenvalue weighted by Crippen LogP contribution is -2.20. The third-order valence-electron chi connectivity index (χ3n) is 4.69. The minimum atomic E-state index is 0.450. The van der Waals surface area contributed by atoms with Crippen molar-refractivity contribution in [2.45, 2.75) is 32.4 Å². The van der Waals surface area contributed by atoms with Crippen molar-refractivity contribution in [1.29, 1.82) is 0 Å². The molecule has 3 nitrogen and oxygen atoms in total. The zero-order chi connectivity index (χ0) is 15.6. The summed E-state index contributed by atoms with van der Waals surface area (Å²) in [6.07, 6.45) is 4.33. The van der Waals surface area contributed by atoms with Crippen molar-refractivity contribution in [1.82, 2.24) is 14.9 Å². The van der Waals surface area contributed by atoms with Gasteiger partial charge in [-0.3, -0.25) is 4.57 Å². The SMILES string of the molecule is Cc1ncc(CNC2CCc3ccccc32)n1-c1ccccc1. The van der Waals surface area contributed by atoms with Crippen molar-refractivity contribution in [3.63, 3.8) is 0 Å². The zero-order valence-electron chi connectivity index (χ0n) is 13.4. The van der Waals surface area contributed by atoms with Crippen LogP contribution in [0.5, 0.6) is 0 Å². The number of aromatic nitrogens is 2. The van der Waals surface area contributed by atoms with Crippen LogP contribution in [0.3, 0.4) is 0 Å². The summed E-state index contributed by atoms with van der Waals surface area (Å²) in [5, 5.41) is 3.72. The fraction of sp³-hybridized carbons (Fsp3) is 0.250. The minimum absolute atomic E-state index is 0.450. The van der Waals surface area contributed by atoms with Crippen LogP contribution in [0.25, 0.3) is 5.69 Å². The summed E-state index contributed by atoms with van der Waals surface area (Å²) in [5.41, 5.74) is 5.32. The molecule has 0 bridgehead atoms. The average molecular weight is 303 g/mol. The van der Waals surface area contributed by atoms with E-state index in [2.05, 4.69) is 70.3 Å². The number of nitrogens with one attached hydrogen (secondary N) is 1. The van der Waals surface area contributed by atoms with Gasteiger partial charge >= 0.3 is 0 Å². The molecule has 0 fully saturated rings. The number of hydrogen-bond acceptors (Lipinski definition) is 2. The van der Waals surface area contributed by atoms with Crippen LogP contribution in [0, 0.1) is 6.92 Å². The van der Waals surface area contributed by atoms with E-state index in [4.69, 9.17) is 0 Å². The van der Waals surface area contributed by atoms with Gasteiger partial charge in [0.15, 0.2) is 0 Å². The molecule has 116 valence electrons. The Labute approximate surface area is 137 Å². The molecular formula is C20H21N3. The Bertz CT molecular complexity index is 805. The molecule has 1 aliphatic rings. The van der Waals surface area contributed by atoms with Crippen molar-refractivity contribution >= 4 is 0 Å². The van der Waals surface area contributed by atoms with Crippen LogP contribution in [0.4, 0.5) is 0 Å². The van der Waals surface area contributed by atoms with Crippen LogP contribution in [0.2, 0.25) is 0 Å². The van der Waals surface area contributed by atoms with Gasteiger partial charge in [0.05, 0.1) is 11.9 Å². The molecule has 1 aromatic heterocycles. The maximum absolute atomic E-state index is 4.51. The van der Waals surface area contributed by atoms with Gasteiger partial charge in [-0.2, -0.15) is 0 Å². The predicted molar refractivity (Wildman–Crippen MR) is 92.6 cm³/mol. The number of benzene rings is 2. The number of para-hydroxylation sites is 1. The Hall–Kier alpha value is -2.39. The van der Waals surface area contributed by atoms with Crippen molar-refractivity contribution in [2.75, 3.05) is 0 Å². The summed E-state index contributed by atoms with van der Waals surface area (Å²) in [5.74, 6) is 1.03. The third-order valence-corrected chi connectivity index (χ3v) is 4.69. The maximum atomic E-state index is 4.51. The van der Waals surface area contributed by atoms with Gasteiger partial charge in [0.1, 0.15) is 5.82 Å². The molecule has 0 amide bonds. The first-order valence-electron chi connectivity index (χ1n) is 8.23. The lowest BCUT2D eigenvalue weighted by Gasteiger charge is -2.16. The Kier molecular flexibility index (Phi) is 3.72. The van der Waals surface area contributed by atoms with Gasteiger partial charge in [-0.05, 0) is 43.0 Å². The van der Waals surface area contributed by atoms with E-state index in [1.807, 2.05) is 12.3 Å². The summed E-state index contributed by atoms with van der Waals surface area (Å²) in [6.45, 7) is 2.89. The minimum Gasteiger partial charge on any atom is -0.304 e. The van der Waals surface area contributed by atoms with E-state index >= 15 is 0 Å². The van der Waals surface area contributed by atoms with Crippen molar-refractivity contribution < 1.29 is 0 Å². The van der Waals surface area contributed by atoms with E-state index in [9.17, 15) is 0 Å². The van der Waals surface area contributed by atoms with Crippen molar-refractivity contribution in [2.24, 2.45) is 0 Å². The Balaban J connectivity index is 1.55. The molecule has 1 aliphatic carbocycles. The van der Waals surface area contributed by atoms with Crippen LogP contribution in [0.1, 0.15) is 35.1 Å². The molecule has 1 atom stereocenters. The second-order valence-corrected chi connectivity index (χ2v) is 6.14. The smallest absolute Gasteiger partial charge is 0.110 e. The van der Waals surface area contributed by atoms with E-state index < -0.39 is 0 Å². The lowest BCUT2D eigenvalue weighted by atomic mass is 10.1. The second-order valence-electron chi connectivity index (χ2n) is 6.14. The normalized spacial score (nSPS) is 16.5. The Morgan fingerprint density at radius 3 is 2.74 bits per heavy atom.